The topological polar surface area (TPSA) is 85.2 Å². The molecule has 6 heteroatoms. The lowest BCUT2D eigenvalue weighted by Crippen LogP contribution is -2.04. The van der Waals surface area contributed by atoms with Crippen LogP contribution in [0, 0.1) is 6.92 Å². The fraction of sp³-hybridized carbons (Fsp3) is 0.231. The number of aromatic carboxylic acids is 1. The summed E-state index contributed by atoms with van der Waals surface area (Å²) in [6.07, 6.45) is 1.99. The molecule has 0 aliphatic rings. The zero-order chi connectivity index (χ0) is 13.8. The van der Waals surface area contributed by atoms with E-state index in [4.69, 9.17) is 9.84 Å². The number of pyridine rings is 1. The van der Waals surface area contributed by atoms with Gasteiger partial charge in [0.25, 0.3) is 5.88 Å². The Bertz CT molecular complexity index is 614. The van der Waals surface area contributed by atoms with Crippen LogP contribution in [0.3, 0.4) is 0 Å². The monoisotopic (exact) mass is 259 g/mol. The van der Waals surface area contributed by atoms with Crippen molar-refractivity contribution in [1.29, 1.82) is 0 Å². The summed E-state index contributed by atoms with van der Waals surface area (Å²) in [6, 6.07) is 4.89. The van der Waals surface area contributed by atoms with E-state index >= 15 is 0 Å². The first kappa shape index (κ1) is 12.9. The Kier molecular flexibility index (Phi) is 3.70. The van der Waals surface area contributed by atoms with Crippen LogP contribution < -0.4 is 4.74 Å². The molecule has 0 fully saturated rings. The Morgan fingerprint density at radius 3 is 2.84 bits per heavy atom. The highest BCUT2D eigenvalue weighted by Crippen LogP contribution is 2.25. The van der Waals surface area contributed by atoms with Crippen molar-refractivity contribution < 1.29 is 14.6 Å². The van der Waals surface area contributed by atoms with E-state index in [9.17, 15) is 4.79 Å². The van der Waals surface area contributed by atoms with Crippen molar-refractivity contribution in [2.45, 2.75) is 20.3 Å². The molecular weight excluding hydrogens is 246 g/mol. The van der Waals surface area contributed by atoms with Crippen LogP contribution in [-0.2, 0) is 6.42 Å². The molecule has 0 saturated heterocycles. The van der Waals surface area contributed by atoms with Gasteiger partial charge in [-0.25, -0.2) is 4.79 Å². The minimum Gasteiger partial charge on any atom is -0.477 e. The van der Waals surface area contributed by atoms with Gasteiger partial charge >= 0.3 is 5.97 Å². The number of carboxylic acid groups (broad SMARTS) is 1. The van der Waals surface area contributed by atoms with E-state index in [1.807, 2.05) is 13.8 Å². The maximum Gasteiger partial charge on any atom is 0.341 e. The third-order valence-corrected chi connectivity index (χ3v) is 2.53. The number of rotatable bonds is 4. The van der Waals surface area contributed by atoms with Gasteiger partial charge in [-0.3, -0.25) is 4.98 Å². The van der Waals surface area contributed by atoms with Crippen LogP contribution in [0.2, 0.25) is 0 Å². The molecule has 1 N–H and O–H groups in total. The van der Waals surface area contributed by atoms with Crippen molar-refractivity contribution in [2.75, 3.05) is 0 Å². The summed E-state index contributed by atoms with van der Waals surface area (Å²) in [5, 5.41) is 16.4. The van der Waals surface area contributed by atoms with Crippen LogP contribution in [0.4, 0.5) is 0 Å². The average molecular weight is 259 g/mol. The van der Waals surface area contributed by atoms with Crippen molar-refractivity contribution in [3.63, 3.8) is 0 Å². The van der Waals surface area contributed by atoms with Gasteiger partial charge in [0.1, 0.15) is 5.56 Å². The minimum absolute atomic E-state index is 0.0300. The van der Waals surface area contributed by atoms with Gasteiger partial charge in [-0.05, 0) is 31.5 Å². The molecule has 2 aromatic rings. The van der Waals surface area contributed by atoms with Crippen molar-refractivity contribution in [1.82, 2.24) is 15.2 Å². The number of hydrogen-bond acceptors (Lipinski definition) is 5. The van der Waals surface area contributed by atoms with Crippen LogP contribution in [0.1, 0.15) is 28.7 Å². The molecule has 0 atom stereocenters. The van der Waals surface area contributed by atoms with E-state index in [-0.39, 0.29) is 11.4 Å². The van der Waals surface area contributed by atoms with Crippen LogP contribution in [0.15, 0.2) is 24.4 Å². The van der Waals surface area contributed by atoms with Gasteiger partial charge in [0, 0.05) is 5.69 Å². The third kappa shape index (κ3) is 2.85. The largest absolute Gasteiger partial charge is 0.477 e. The van der Waals surface area contributed by atoms with Crippen molar-refractivity contribution in [3.8, 4) is 11.6 Å². The first-order chi connectivity index (χ1) is 9.11. The molecule has 0 aliphatic carbocycles. The molecule has 2 rings (SSSR count). The molecule has 0 amide bonds. The van der Waals surface area contributed by atoms with Gasteiger partial charge in [-0.1, -0.05) is 6.92 Å². The lowest BCUT2D eigenvalue weighted by Gasteiger charge is -2.10. The molecule has 0 bridgehead atoms. The number of hydrogen-bond donors (Lipinski definition) is 1. The molecule has 0 aliphatic heterocycles. The normalized spacial score (nSPS) is 10.2. The number of carbonyl (C=O) groups is 1. The highest BCUT2D eigenvalue weighted by molar-refractivity contribution is 5.90. The first-order valence-corrected chi connectivity index (χ1v) is 5.81. The van der Waals surface area contributed by atoms with Gasteiger partial charge in [0.15, 0.2) is 5.75 Å². The summed E-state index contributed by atoms with van der Waals surface area (Å²) in [5.41, 5.74) is 1.60. The summed E-state index contributed by atoms with van der Waals surface area (Å²) >= 11 is 0. The smallest absolute Gasteiger partial charge is 0.341 e. The SMILES string of the molecule is CCc1nc(C)ccc1Oc1nnccc1C(=O)O. The average Bonchev–Trinajstić information content (AvgIpc) is 2.41. The maximum atomic E-state index is 11.1. The van der Waals surface area contributed by atoms with E-state index in [2.05, 4.69) is 15.2 Å². The molecular formula is C13H13N3O3. The number of carboxylic acids is 1. The quantitative estimate of drug-likeness (QED) is 0.906. The summed E-state index contributed by atoms with van der Waals surface area (Å²) < 4.78 is 5.53. The van der Waals surface area contributed by atoms with E-state index in [1.165, 1.54) is 12.3 Å². The van der Waals surface area contributed by atoms with Gasteiger partial charge < -0.3 is 9.84 Å². The van der Waals surface area contributed by atoms with E-state index in [0.717, 1.165) is 11.4 Å². The molecule has 2 aromatic heterocycles. The molecule has 0 radical (unpaired) electrons. The minimum atomic E-state index is -1.11. The molecule has 6 nitrogen and oxygen atoms in total. The third-order valence-electron chi connectivity index (χ3n) is 2.53. The Morgan fingerprint density at radius 1 is 1.37 bits per heavy atom. The predicted octanol–water partition coefficient (Wildman–Crippen LogP) is 2.23. The highest BCUT2D eigenvalue weighted by atomic mass is 16.5. The highest BCUT2D eigenvalue weighted by Gasteiger charge is 2.15. The second-order valence-electron chi connectivity index (χ2n) is 3.91. The molecule has 0 unspecified atom stereocenters. The van der Waals surface area contributed by atoms with E-state index in [0.29, 0.717) is 12.2 Å². The van der Waals surface area contributed by atoms with E-state index in [1.54, 1.807) is 12.1 Å². The number of aromatic nitrogens is 3. The Hall–Kier alpha value is -2.50. The van der Waals surface area contributed by atoms with Gasteiger partial charge in [-0.15, -0.1) is 5.10 Å². The lowest BCUT2D eigenvalue weighted by atomic mass is 10.2. The Balaban J connectivity index is 2.39. The summed E-state index contributed by atoms with van der Waals surface area (Å²) in [4.78, 5) is 15.4. The number of nitrogens with zero attached hydrogens (tertiary/aromatic N) is 3. The lowest BCUT2D eigenvalue weighted by molar-refractivity contribution is 0.0693. The van der Waals surface area contributed by atoms with Gasteiger partial charge in [-0.2, -0.15) is 5.10 Å². The fourth-order valence-electron chi connectivity index (χ4n) is 1.61. The molecule has 2 heterocycles. The molecule has 98 valence electrons. The second-order valence-corrected chi connectivity index (χ2v) is 3.91. The summed E-state index contributed by atoms with van der Waals surface area (Å²) in [7, 11) is 0. The first-order valence-electron chi connectivity index (χ1n) is 5.81. The predicted molar refractivity (Wildman–Crippen MR) is 67.4 cm³/mol. The van der Waals surface area contributed by atoms with Crippen LogP contribution in [-0.4, -0.2) is 26.3 Å². The van der Waals surface area contributed by atoms with Crippen LogP contribution in [0.5, 0.6) is 11.6 Å². The Morgan fingerprint density at radius 2 is 2.16 bits per heavy atom. The zero-order valence-electron chi connectivity index (χ0n) is 10.6. The van der Waals surface area contributed by atoms with Crippen molar-refractivity contribution >= 4 is 5.97 Å². The number of ether oxygens (including phenoxy) is 1. The van der Waals surface area contributed by atoms with Crippen LogP contribution >= 0.6 is 0 Å². The van der Waals surface area contributed by atoms with Crippen LogP contribution in [0.25, 0.3) is 0 Å². The van der Waals surface area contributed by atoms with Gasteiger partial charge in [0.2, 0.25) is 0 Å². The Labute approximate surface area is 110 Å². The van der Waals surface area contributed by atoms with E-state index < -0.39 is 5.97 Å². The van der Waals surface area contributed by atoms with Crippen molar-refractivity contribution in [2.24, 2.45) is 0 Å². The zero-order valence-corrected chi connectivity index (χ0v) is 10.6. The second kappa shape index (κ2) is 5.43. The number of aryl methyl sites for hydroxylation is 2. The summed E-state index contributed by atoms with van der Waals surface area (Å²) in [6.45, 7) is 3.83. The summed E-state index contributed by atoms with van der Waals surface area (Å²) in [5.74, 6) is -0.644. The fourth-order valence-corrected chi connectivity index (χ4v) is 1.61. The van der Waals surface area contributed by atoms with Gasteiger partial charge in [0.05, 0.1) is 11.9 Å². The molecule has 19 heavy (non-hydrogen) atoms. The van der Waals surface area contributed by atoms with Crippen molar-refractivity contribution in [3.05, 3.63) is 41.3 Å². The molecule has 0 aromatic carbocycles. The molecule has 0 saturated carbocycles. The molecule has 0 spiro atoms. The standard InChI is InChI=1S/C13H13N3O3/c1-3-10-11(5-4-8(2)15-10)19-12-9(13(17)18)6-7-14-16-12/h4-7H,3H2,1-2H3,(H,17,18). The maximum absolute atomic E-state index is 11.1.